The summed E-state index contributed by atoms with van der Waals surface area (Å²) in [4.78, 5) is 11.6. The lowest BCUT2D eigenvalue weighted by Gasteiger charge is -2.26. The van der Waals surface area contributed by atoms with Crippen LogP contribution in [0.4, 0.5) is 0 Å². The molecule has 0 radical (unpaired) electrons. The van der Waals surface area contributed by atoms with E-state index >= 15 is 0 Å². The molecule has 0 aromatic carbocycles. The number of hydrogen-bond acceptors (Lipinski definition) is 3. The number of nitrogens with two attached hydrogens (primary N) is 1. The summed E-state index contributed by atoms with van der Waals surface area (Å²) in [5.74, 6) is 0.942. The molecule has 4 N–H and O–H groups in total. The number of carbonyl (C=O) groups excluding carboxylic acids is 1. The van der Waals surface area contributed by atoms with Crippen molar-refractivity contribution in [3.8, 4) is 0 Å². The van der Waals surface area contributed by atoms with Gasteiger partial charge in [-0.15, -0.1) is 12.4 Å². The number of nitrogens with one attached hydrogen (secondary N) is 1. The van der Waals surface area contributed by atoms with Gasteiger partial charge in [0.05, 0.1) is 0 Å². The van der Waals surface area contributed by atoms with Crippen LogP contribution in [0.5, 0.6) is 0 Å². The number of rotatable bonds is 5. The van der Waals surface area contributed by atoms with Gasteiger partial charge in [0.1, 0.15) is 0 Å². The lowest BCUT2D eigenvalue weighted by Crippen LogP contribution is -2.35. The van der Waals surface area contributed by atoms with Crippen molar-refractivity contribution in [2.24, 2.45) is 17.6 Å². The van der Waals surface area contributed by atoms with E-state index in [-0.39, 0.29) is 30.8 Å². The first kappa shape index (κ1) is 15.7. The zero-order valence-electron chi connectivity index (χ0n) is 9.65. The summed E-state index contributed by atoms with van der Waals surface area (Å²) in [7, 11) is 0. The van der Waals surface area contributed by atoms with Crippen LogP contribution in [0.2, 0.25) is 0 Å². The molecular formula is C11H23ClN2O2. The van der Waals surface area contributed by atoms with Crippen LogP contribution in [0.3, 0.4) is 0 Å². The van der Waals surface area contributed by atoms with Crippen LogP contribution >= 0.6 is 12.4 Å². The monoisotopic (exact) mass is 250 g/mol. The van der Waals surface area contributed by atoms with Crippen molar-refractivity contribution in [1.82, 2.24) is 5.32 Å². The summed E-state index contributed by atoms with van der Waals surface area (Å²) in [6.07, 6.45) is 4.73. The Labute approximate surface area is 103 Å². The average molecular weight is 251 g/mol. The predicted molar refractivity (Wildman–Crippen MR) is 66.5 cm³/mol. The Balaban J connectivity index is 0.00000225. The molecule has 1 aliphatic carbocycles. The van der Waals surface area contributed by atoms with E-state index in [4.69, 9.17) is 10.8 Å². The standard InChI is InChI=1S/C11H22N2O2.ClH/c12-8-9-2-4-10(5-3-9)11(15)13-6-1-7-14;/h9-10,14H,1-8,12H2,(H,13,15);1H. The summed E-state index contributed by atoms with van der Waals surface area (Å²) >= 11 is 0. The molecule has 1 amide bonds. The number of aliphatic hydroxyl groups is 1. The molecule has 4 nitrogen and oxygen atoms in total. The number of carbonyl (C=O) groups is 1. The molecule has 1 fully saturated rings. The van der Waals surface area contributed by atoms with Gasteiger partial charge in [-0.1, -0.05) is 0 Å². The lowest BCUT2D eigenvalue weighted by molar-refractivity contribution is -0.126. The van der Waals surface area contributed by atoms with Crippen LogP contribution in [-0.2, 0) is 4.79 Å². The minimum absolute atomic E-state index is 0. The maximum atomic E-state index is 11.6. The molecule has 96 valence electrons. The van der Waals surface area contributed by atoms with Gasteiger partial charge in [0.25, 0.3) is 0 Å². The van der Waals surface area contributed by atoms with Gasteiger partial charge in [0, 0.05) is 19.1 Å². The van der Waals surface area contributed by atoms with Crippen molar-refractivity contribution < 1.29 is 9.90 Å². The number of halogens is 1. The molecule has 0 bridgehead atoms. The largest absolute Gasteiger partial charge is 0.396 e. The second-order valence-corrected chi connectivity index (χ2v) is 4.32. The summed E-state index contributed by atoms with van der Waals surface area (Å²) in [6, 6.07) is 0. The van der Waals surface area contributed by atoms with Gasteiger partial charge < -0.3 is 16.2 Å². The third-order valence-corrected chi connectivity index (χ3v) is 3.18. The van der Waals surface area contributed by atoms with Crippen molar-refractivity contribution in [3.05, 3.63) is 0 Å². The Morgan fingerprint density at radius 3 is 2.44 bits per heavy atom. The molecule has 1 rings (SSSR count). The predicted octanol–water partition coefficient (Wildman–Crippen LogP) is 0.672. The Hall–Kier alpha value is -0.320. The first-order valence-corrected chi connectivity index (χ1v) is 5.86. The van der Waals surface area contributed by atoms with E-state index < -0.39 is 0 Å². The maximum absolute atomic E-state index is 11.6. The van der Waals surface area contributed by atoms with Crippen LogP contribution in [0.15, 0.2) is 0 Å². The minimum atomic E-state index is 0. The van der Waals surface area contributed by atoms with Gasteiger partial charge in [-0.2, -0.15) is 0 Å². The molecule has 0 aromatic rings. The highest BCUT2D eigenvalue weighted by Gasteiger charge is 2.24. The molecule has 0 heterocycles. The van der Waals surface area contributed by atoms with Gasteiger partial charge in [0.2, 0.25) is 5.91 Å². The molecule has 0 spiro atoms. The second-order valence-electron chi connectivity index (χ2n) is 4.32. The van der Waals surface area contributed by atoms with E-state index in [1.54, 1.807) is 0 Å². The highest BCUT2D eigenvalue weighted by Crippen LogP contribution is 2.27. The second kappa shape index (κ2) is 8.79. The molecule has 0 aromatic heterocycles. The summed E-state index contributed by atoms with van der Waals surface area (Å²) in [6.45, 7) is 1.48. The molecular weight excluding hydrogens is 228 g/mol. The molecule has 5 heteroatoms. The lowest BCUT2D eigenvalue weighted by atomic mass is 9.81. The first-order chi connectivity index (χ1) is 7.27. The molecule has 0 atom stereocenters. The molecule has 0 saturated heterocycles. The Morgan fingerprint density at radius 1 is 1.31 bits per heavy atom. The fourth-order valence-corrected chi connectivity index (χ4v) is 2.10. The van der Waals surface area contributed by atoms with Crippen LogP contribution in [0.25, 0.3) is 0 Å². The van der Waals surface area contributed by atoms with E-state index in [1.165, 1.54) is 0 Å². The Kier molecular flexibility index (Phi) is 8.61. The van der Waals surface area contributed by atoms with Crippen molar-refractivity contribution >= 4 is 18.3 Å². The van der Waals surface area contributed by atoms with Crippen molar-refractivity contribution in [1.29, 1.82) is 0 Å². The summed E-state index contributed by atoms with van der Waals surface area (Å²) < 4.78 is 0. The molecule has 0 aliphatic heterocycles. The third-order valence-electron chi connectivity index (χ3n) is 3.18. The van der Waals surface area contributed by atoms with E-state index in [9.17, 15) is 4.79 Å². The third kappa shape index (κ3) is 5.14. The van der Waals surface area contributed by atoms with E-state index in [0.29, 0.717) is 18.9 Å². The highest BCUT2D eigenvalue weighted by atomic mass is 35.5. The van der Waals surface area contributed by atoms with E-state index in [2.05, 4.69) is 5.32 Å². The van der Waals surface area contributed by atoms with Crippen LogP contribution in [-0.4, -0.2) is 30.7 Å². The normalized spacial score (nSPS) is 24.6. The molecule has 1 aliphatic rings. The minimum Gasteiger partial charge on any atom is -0.396 e. The molecule has 16 heavy (non-hydrogen) atoms. The Morgan fingerprint density at radius 2 is 1.94 bits per heavy atom. The molecule has 0 unspecified atom stereocenters. The number of hydrogen-bond donors (Lipinski definition) is 3. The highest BCUT2D eigenvalue weighted by molar-refractivity contribution is 5.85. The zero-order valence-corrected chi connectivity index (χ0v) is 10.5. The van der Waals surface area contributed by atoms with Crippen molar-refractivity contribution in [3.63, 3.8) is 0 Å². The number of amides is 1. The van der Waals surface area contributed by atoms with Crippen LogP contribution < -0.4 is 11.1 Å². The van der Waals surface area contributed by atoms with Gasteiger partial charge >= 0.3 is 0 Å². The fraction of sp³-hybridized carbons (Fsp3) is 0.909. The zero-order chi connectivity index (χ0) is 11.1. The van der Waals surface area contributed by atoms with Crippen molar-refractivity contribution in [2.75, 3.05) is 19.7 Å². The summed E-state index contributed by atoms with van der Waals surface area (Å²) in [5, 5.41) is 11.4. The van der Waals surface area contributed by atoms with Gasteiger partial charge in [0.15, 0.2) is 0 Å². The van der Waals surface area contributed by atoms with Gasteiger partial charge in [-0.05, 0) is 44.6 Å². The first-order valence-electron chi connectivity index (χ1n) is 5.86. The van der Waals surface area contributed by atoms with Crippen LogP contribution in [0, 0.1) is 11.8 Å². The fourth-order valence-electron chi connectivity index (χ4n) is 2.10. The average Bonchev–Trinajstić information content (AvgIpc) is 2.29. The SMILES string of the molecule is Cl.NCC1CCC(C(=O)NCCCO)CC1. The smallest absolute Gasteiger partial charge is 0.223 e. The van der Waals surface area contributed by atoms with Crippen molar-refractivity contribution in [2.45, 2.75) is 32.1 Å². The number of aliphatic hydroxyl groups excluding tert-OH is 1. The quantitative estimate of drug-likeness (QED) is 0.628. The van der Waals surface area contributed by atoms with Gasteiger partial charge in [-0.25, -0.2) is 0 Å². The Bertz CT molecular complexity index is 194. The topological polar surface area (TPSA) is 75.4 Å². The van der Waals surface area contributed by atoms with E-state index in [1.807, 2.05) is 0 Å². The maximum Gasteiger partial charge on any atom is 0.223 e. The summed E-state index contributed by atoms with van der Waals surface area (Å²) in [5.41, 5.74) is 5.59. The van der Waals surface area contributed by atoms with Gasteiger partial charge in [-0.3, -0.25) is 4.79 Å². The van der Waals surface area contributed by atoms with E-state index in [0.717, 1.165) is 32.2 Å². The van der Waals surface area contributed by atoms with Crippen LogP contribution in [0.1, 0.15) is 32.1 Å². The molecule has 1 saturated carbocycles.